The van der Waals surface area contributed by atoms with E-state index in [1.165, 1.54) is 0 Å². The van der Waals surface area contributed by atoms with E-state index >= 15 is 0 Å². The predicted octanol–water partition coefficient (Wildman–Crippen LogP) is 0.656. The van der Waals surface area contributed by atoms with E-state index < -0.39 is 9.84 Å². The number of hydrogen-bond donors (Lipinski definition) is 1. The zero-order valence-corrected chi connectivity index (χ0v) is 11.5. The van der Waals surface area contributed by atoms with Gasteiger partial charge in [-0.25, -0.2) is 8.42 Å². The zero-order chi connectivity index (χ0) is 11.3. The van der Waals surface area contributed by atoms with Crippen LogP contribution in [-0.2, 0) is 9.84 Å². The van der Waals surface area contributed by atoms with Crippen molar-refractivity contribution >= 4 is 22.2 Å². The van der Waals surface area contributed by atoms with Crippen LogP contribution in [0.3, 0.4) is 0 Å². The molecule has 4 nitrogen and oxygen atoms in total. The van der Waals surface area contributed by atoms with Gasteiger partial charge in [0.1, 0.15) is 0 Å². The van der Waals surface area contributed by atoms with E-state index in [1.54, 1.807) is 0 Å². The van der Waals surface area contributed by atoms with Gasteiger partial charge in [0.2, 0.25) is 0 Å². The van der Waals surface area contributed by atoms with Gasteiger partial charge in [-0.05, 0) is 25.8 Å². The van der Waals surface area contributed by atoms with E-state index in [-0.39, 0.29) is 18.2 Å². The van der Waals surface area contributed by atoms with Crippen LogP contribution >= 0.6 is 12.4 Å². The fourth-order valence-corrected chi connectivity index (χ4v) is 3.46. The molecule has 0 amide bonds. The second-order valence-corrected chi connectivity index (χ2v) is 6.52. The minimum atomic E-state index is -2.83. The van der Waals surface area contributed by atoms with Gasteiger partial charge in [0.15, 0.2) is 9.84 Å². The van der Waals surface area contributed by atoms with Crippen molar-refractivity contribution in [2.75, 3.05) is 31.1 Å². The summed E-state index contributed by atoms with van der Waals surface area (Å²) in [6.07, 6.45) is 2.97. The van der Waals surface area contributed by atoms with Gasteiger partial charge in [-0.3, -0.25) is 4.90 Å². The van der Waals surface area contributed by atoms with Crippen LogP contribution in [0.1, 0.15) is 26.2 Å². The summed E-state index contributed by atoms with van der Waals surface area (Å²) in [6, 6.07) is 0.404. The van der Waals surface area contributed by atoms with Crippen LogP contribution in [0, 0.1) is 0 Å². The maximum absolute atomic E-state index is 11.5. The van der Waals surface area contributed by atoms with Crippen molar-refractivity contribution in [1.29, 1.82) is 0 Å². The normalized spacial score (nSPS) is 22.0. The zero-order valence-electron chi connectivity index (χ0n) is 9.89. The number of nitrogens with two attached hydrogens (primary N) is 1. The first-order valence-corrected chi connectivity index (χ1v) is 7.55. The van der Waals surface area contributed by atoms with E-state index in [1.807, 2.05) is 6.92 Å². The van der Waals surface area contributed by atoms with Gasteiger partial charge in [0.25, 0.3) is 0 Å². The molecule has 0 aromatic carbocycles. The van der Waals surface area contributed by atoms with Crippen LogP contribution in [0.4, 0.5) is 0 Å². The molecule has 1 saturated heterocycles. The Hall–Kier alpha value is 0.160. The number of hydrogen-bond acceptors (Lipinski definition) is 4. The third kappa shape index (κ3) is 4.99. The molecule has 0 aromatic rings. The van der Waals surface area contributed by atoms with Crippen molar-refractivity contribution in [3.8, 4) is 0 Å². The summed E-state index contributed by atoms with van der Waals surface area (Å²) in [5.74, 6) is 0.603. The Balaban J connectivity index is 0.00000225. The van der Waals surface area contributed by atoms with Crippen LogP contribution in [-0.4, -0.2) is 50.5 Å². The number of likely N-dealkylation sites (tertiary alicyclic amines) is 1. The molecule has 1 rings (SSSR count). The molecule has 1 aliphatic heterocycles. The molecule has 0 aromatic heterocycles. The number of nitrogens with zero attached hydrogens (tertiary/aromatic N) is 1. The molecule has 0 radical (unpaired) electrons. The Morgan fingerprint density at radius 1 is 1.38 bits per heavy atom. The third-order valence-electron chi connectivity index (χ3n) is 2.98. The molecule has 1 heterocycles. The van der Waals surface area contributed by atoms with Gasteiger partial charge in [0.05, 0.1) is 5.75 Å². The van der Waals surface area contributed by atoms with E-state index in [4.69, 9.17) is 5.73 Å². The van der Waals surface area contributed by atoms with Crippen LogP contribution in [0.25, 0.3) is 0 Å². The largest absolute Gasteiger partial charge is 0.329 e. The Labute approximate surface area is 105 Å². The Bertz CT molecular complexity index is 283. The molecule has 0 aliphatic carbocycles. The predicted molar refractivity (Wildman–Crippen MR) is 69.8 cm³/mol. The second-order valence-electron chi connectivity index (χ2n) is 4.22. The van der Waals surface area contributed by atoms with Crippen molar-refractivity contribution in [1.82, 2.24) is 4.90 Å². The lowest BCUT2D eigenvalue weighted by Gasteiger charge is -2.22. The fraction of sp³-hybridized carbons (Fsp3) is 1.00. The molecule has 2 N–H and O–H groups in total. The molecule has 6 heteroatoms. The van der Waals surface area contributed by atoms with Gasteiger partial charge in [-0.15, -0.1) is 12.4 Å². The van der Waals surface area contributed by atoms with Crippen LogP contribution < -0.4 is 5.73 Å². The first kappa shape index (κ1) is 16.2. The quantitative estimate of drug-likeness (QED) is 0.770. The minimum Gasteiger partial charge on any atom is -0.329 e. The highest BCUT2D eigenvalue weighted by molar-refractivity contribution is 7.91. The molecular weight excluding hydrogens is 248 g/mol. The maximum atomic E-state index is 11.5. The van der Waals surface area contributed by atoms with Crippen molar-refractivity contribution in [3.05, 3.63) is 0 Å². The van der Waals surface area contributed by atoms with Crippen LogP contribution in [0.2, 0.25) is 0 Å². The number of sulfone groups is 1. The SMILES string of the molecule is CCCS(=O)(=O)CCN1CCCC1CN.Cl. The van der Waals surface area contributed by atoms with Gasteiger partial charge in [0, 0.05) is 24.9 Å². The highest BCUT2D eigenvalue weighted by Crippen LogP contribution is 2.15. The van der Waals surface area contributed by atoms with E-state index in [0.29, 0.717) is 31.3 Å². The van der Waals surface area contributed by atoms with E-state index in [0.717, 1.165) is 19.4 Å². The molecule has 1 fully saturated rings. The van der Waals surface area contributed by atoms with Gasteiger partial charge < -0.3 is 5.73 Å². The summed E-state index contributed by atoms with van der Waals surface area (Å²) >= 11 is 0. The summed E-state index contributed by atoms with van der Waals surface area (Å²) in [4.78, 5) is 2.22. The molecule has 0 spiro atoms. The molecule has 98 valence electrons. The van der Waals surface area contributed by atoms with Crippen molar-refractivity contribution < 1.29 is 8.42 Å². The Morgan fingerprint density at radius 2 is 2.06 bits per heavy atom. The topological polar surface area (TPSA) is 63.4 Å². The molecule has 0 saturated carbocycles. The monoisotopic (exact) mass is 270 g/mol. The lowest BCUT2D eigenvalue weighted by Crippen LogP contribution is -2.38. The van der Waals surface area contributed by atoms with Crippen molar-refractivity contribution in [2.24, 2.45) is 5.73 Å². The lowest BCUT2D eigenvalue weighted by molar-refractivity contribution is 0.273. The van der Waals surface area contributed by atoms with Gasteiger partial charge in [-0.1, -0.05) is 6.92 Å². The Kier molecular flexibility index (Phi) is 7.55. The van der Waals surface area contributed by atoms with Gasteiger partial charge >= 0.3 is 0 Å². The fourth-order valence-electron chi connectivity index (χ4n) is 2.13. The van der Waals surface area contributed by atoms with E-state index in [9.17, 15) is 8.42 Å². The standard InChI is InChI=1S/C10H22N2O2S.ClH/c1-2-7-15(13,14)8-6-12-5-3-4-10(12)9-11;/h10H,2-9,11H2,1H3;1H. The highest BCUT2D eigenvalue weighted by Gasteiger charge is 2.24. The van der Waals surface area contributed by atoms with Gasteiger partial charge in [-0.2, -0.15) is 0 Å². The molecule has 0 bridgehead atoms. The van der Waals surface area contributed by atoms with Crippen molar-refractivity contribution in [2.45, 2.75) is 32.2 Å². The highest BCUT2D eigenvalue weighted by atomic mass is 35.5. The molecule has 16 heavy (non-hydrogen) atoms. The van der Waals surface area contributed by atoms with Crippen LogP contribution in [0.15, 0.2) is 0 Å². The smallest absolute Gasteiger partial charge is 0.151 e. The minimum absolute atomic E-state index is 0. The summed E-state index contributed by atoms with van der Waals surface area (Å²) in [5.41, 5.74) is 5.63. The molecule has 1 aliphatic rings. The second kappa shape index (κ2) is 7.48. The molecule has 1 unspecified atom stereocenters. The van der Waals surface area contributed by atoms with E-state index in [2.05, 4.69) is 4.90 Å². The lowest BCUT2D eigenvalue weighted by atomic mass is 10.2. The average molecular weight is 271 g/mol. The van der Waals surface area contributed by atoms with Crippen LogP contribution in [0.5, 0.6) is 0 Å². The Morgan fingerprint density at radius 3 is 2.62 bits per heavy atom. The first-order chi connectivity index (χ1) is 7.09. The summed E-state index contributed by atoms with van der Waals surface area (Å²) in [5, 5.41) is 0. The summed E-state index contributed by atoms with van der Waals surface area (Å²) in [6.45, 7) is 4.21. The van der Waals surface area contributed by atoms with Crippen molar-refractivity contribution in [3.63, 3.8) is 0 Å². The molecule has 1 atom stereocenters. The third-order valence-corrected chi connectivity index (χ3v) is 4.81. The number of halogens is 1. The first-order valence-electron chi connectivity index (χ1n) is 5.73. The maximum Gasteiger partial charge on any atom is 0.151 e. The number of rotatable bonds is 6. The summed E-state index contributed by atoms with van der Waals surface area (Å²) in [7, 11) is -2.83. The average Bonchev–Trinajstić information content (AvgIpc) is 2.62. The molecular formula is C10H23ClN2O2S. The summed E-state index contributed by atoms with van der Waals surface area (Å²) < 4.78 is 23.0.